The van der Waals surface area contributed by atoms with E-state index in [9.17, 15) is 8.42 Å². The van der Waals surface area contributed by atoms with Gasteiger partial charge in [-0.05, 0) is 25.1 Å². The van der Waals surface area contributed by atoms with Crippen molar-refractivity contribution in [3.8, 4) is 0 Å². The maximum absolute atomic E-state index is 11.9. The van der Waals surface area contributed by atoms with Crippen molar-refractivity contribution in [2.45, 2.75) is 6.92 Å². The number of hydrogen-bond donors (Lipinski definition) is 1. The van der Waals surface area contributed by atoms with Crippen LogP contribution in [0.5, 0.6) is 0 Å². The van der Waals surface area contributed by atoms with Crippen molar-refractivity contribution in [2.24, 2.45) is 0 Å². The van der Waals surface area contributed by atoms with E-state index in [1.165, 1.54) is 0 Å². The molecule has 0 atom stereocenters. The van der Waals surface area contributed by atoms with E-state index >= 15 is 0 Å². The average molecular weight is 328 g/mol. The number of nitrogens with one attached hydrogen (secondary N) is 1. The van der Waals surface area contributed by atoms with Crippen LogP contribution in [0.25, 0.3) is 10.9 Å². The van der Waals surface area contributed by atoms with Gasteiger partial charge in [0.1, 0.15) is 0 Å². The molecule has 0 bridgehead atoms. The maximum Gasteiger partial charge on any atom is 0.213 e. The Hall–Kier alpha value is -1.24. The fourth-order valence-electron chi connectivity index (χ4n) is 2.76. The van der Waals surface area contributed by atoms with Crippen LogP contribution in [0.2, 0.25) is 5.02 Å². The van der Waals surface area contributed by atoms with Gasteiger partial charge in [-0.1, -0.05) is 11.6 Å². The van der Waals surface area contributed by atoms with Gasteiger partial charge in [0.2, 0.25) is 10.0 Å². The fraction of sp³-hybridized carbons (Fsp3) is 0.429. The van der Waals surface area contributed by atoms with Gasteiger partial charge in [0.15, 0.2) is 0 Å². The molecule has 1 aliphatic heterocycles. The third-order valence-corrected chi connectivity index (χ3v) is 6.05. The van der Waals surface area contributed by atoms with Crippen LogP contribution in [0.4, 0.5) is 5.69 Å². The third kappa shape index (κ3) is 2.75. The Balaban J connectivity index is 1.85. The van der Waals surface area contributed by atoms with Gasteiger partial charge < -0.3 is 9.88 Å². The number of nitrogens with zero attached hydrogens (tertiary/aromatic N) is 2. The summed E-state index contributed by atoms with van der Waals surface area (Å²) in [7, 11) is -3.09. The molecule has 1 aromatic carbocycles. The van der Waals surface area contributed by atoms with Crippen LogP contribution < -0.4 is 4.90 Å². The number of H-pyrrole nitrogens is 1. The molecule has 1 fully saturated rings. The monoisotopic (exact) mass is 327 g/mol. The van der Waals surface area contributed by atoms with E-state index in [1.54, 1.807) is 11.2 Å². The molecule has 1 saturated heterocycles. The summed E-state index contributed by atoms with van der Waals surface area (Å²) < 4.78 is 25.4. The van der Waals surface area contributed by atoms with Gasteiger partial charge in [-0.15, -0.1) is 0 Å². The molecule has 114 valence electrons. The third-order valence-electron chi connectivity index (χ3n) is 3.95. The molecule has 2 aromatic rings. The van der Waals surface area contributed by atoms with Crippen LogP contribution in [0, 0.1) is 0 Å². The Morgan fingerprint density at radius 1 is 1.24 bits per heavy atom. The molecule has 0 aliphatic carbocycles. The number of aromatic amines is 1. The summed E-state index contributed by atoms with van der Waals surface area (Å²) in [6.07, 6.45) is 1.89. The minimum atomic E-state index is -3.09. The van der Waals surface area contributed by atoms with Crippen molar-refractivity contribution < 1.29 is 8.42 Å². The van der Waals surface area contributed by atoms with Crippen molar-refractivity contribution in [1.82, 2.24) is 9.29 Å². The highest BCUT2D eigenvalue weighted by Crippen LogP contribution is 2.31. The predicted octanol–water partition coefficient (Wildman–Crippen LogP) is 2.29. The molecule has 5 nitrogen and oxygen atoms in total. The largest absolute Gasteiger partial charge is 0.368 e. The van der Waals surface area contributed by atoms with Crippen LogP contribution in [0.3, 0.4) is 0 Å². The van der Waals surface area contributed by atoms with Gasteiger partial charge in [-0.25, -0.2) is 8.42 Å². The van der Waals surface area contributed by atoms with Crippen LogP contribution in [0.15, 0.2) is 24.4 Å². The average Bonchev–Trinajstić information content (AvgIpc) is 2.94. The molecule has 7 heteroatoms. The van der Waals surface area contributed by atoms with E-state index in [1.807, 2.05) is 24.4 Å². The van der Waals surface area contributed by atoms with Gasteiger partial charge in [0, 0.05) is 54.0 Å². The number of fused-ring (bicyclic) bond motifs is 1. The smallest absolute Gasteiger partial charge is 0.213 e. The second-order valence-electron chi connectivity index (χ2n) is 5.15. The van der Waals surface area contributed by atoms with E-state index in [4.69, 9.17) is 11.6 Å². The molecule has 0 radical (unpaired) electrons. The van der Waals surface area contributed by atoms with Gasteiger partial charge >= 0.3 is 0 Å². The lowest BCUT2D eigenvalue weighted by molar-refractivity contribution is 0.386. The lowest BCUT2D eigenvalue weighted by atomic mass is 10.2. The zero-order valence-corrected chi connectivity index (χ0v) is 13.4. The van der Waals surface area contributed by atoms with Crippen LogP contribution in [-0.2, 0) is 10.0 Å². The van der Waals surface area contributed by atoms with E-state index in [0.717, 1.165) is 16.6 Å². The Morgan fingerprint density at radius 3 is 2.62 bits per heavy atom. The molecule has 0 amide bonds. The molecular formula is C14H18ClN3O2S. The van der Waals surface area contributed by atoms with Gasteiger partial charge in [-0.2, -0.15) is 4.31 Å². The summed E-state index contributed by atoms with van der Waals surface area (Å²) in [5.74, 6) is 0.159. The molecule has 0 saturated carbocycles. The fourth-order valence-corrected chi connectivity index (χ4v) is 4.06. The van der Waals surface area contributed by atoms with Crippen molar-refractivity contribution in [3.63, 3.8) is 0 Å². The predicted molar refractivity (Wildman–Crippen MR) is 86.6 cm³/mol. The van der Waals surface area contributed by atoms with E-state index in [-0.39, 0.29) is 5.75 Å². The summed E-state index contributed by atoms with van der Waals surface area (Å²) in [5.41, 5.74) is 2.06. The molecule has 0 unspecified atom stereocenters. The molecule has 21 heavy (non-hydrogen) atoms. The number of halogens is 1. The molecule has 0 spiro atoms. The van der Waals surface area contributed by atoms with Crippen LogP contribution >= 0.6 is 11.6 Å². The van der Waals surface area contributed by atoms with E-state index < -0.39 is 10.0 Å². The molecule has 1 aromatic heterocycles. The summed E-state index contributed by atoms with van der Waals surface area (Å²) in [5, 5.41) is 1.80. The number of hydrogen-bond acceptors (Lipinski definition) is 3. The van der Waals surface area contributed by atoms with Gasteiger partial charge in [0.25, 0.3) is 0 Å². The minimum absolute atomic E-state index is 0.159. The van der Waals surface area contributed by atoms with Crippen LogP contribution in [0.1, 0.15) is 6.92 Å². The number of benzene rings is 1. The first-order chi connectivity index (χ1) is 10.0. The standard InChI is InChI=1S/C14H18ClN3O2S/c1-2-21(19,20)18-7-5-17(6-8-18)14-10-11(15)9-13-12(14)3-4-16-13/h3-4,9-10,16H,2,5-8H2,1H3. The summed E-state index contributed by atoms with van der Waals surface area (Å²) in [6.45, 7) is 4.09. The highest BCUT2D eigenvalue weighted by molar-refractivity contribution is 7.89. The topological polar surface area (TPSA) is 56.4 Å². The number of piperazine rings is 1. The molecular weight excluding hydrogens is 310 g/mol. The van der Waals surface area contributed by atoms with Crippen molar-refractivity contribution in [1.29, 1.82) is 0 Å². The summed E-state index contributed by atoms with van der Waals surface area (Å²) in [6, 6.07) is 5.87. The first kappa shape index (κ1) is 14.7. The van der Waals surface area contributed by atoms with Crippen molar-refractivity contribution in [2.75, 3.05) is 36.8 Å². The minimum Gasteiger partial charge on any atom is -0.368 e. The van der Waals surface area contributed by atoms with E-state index in [2.05, 4.69) is 9.88 Å². The quantitative estimate of drug-likeness (QED) is 0.941. The zero-order valence-electron chi connectivity index (χ0n) is 11.8. The lowest BCUT2D eigenvalue weighted by Gasteiger charge is -2.35. The highest BCUT2D eigenvalue weighted by Gasteiger charge is 2.26. The van der Waals surface area contributed by atoms with Crippen molar-refractivity contribution >= 4 is 38.2 Å². The number of rotatable bonds is 3. The lowest BCUT2D eigenvalue weighted by Crippen LogP contribution is -2.49. The van der Waals surface area contributed by atoms with Gasteiger partial charge in [0.05, 0.1) is 5.75 Å². The first-order valence-corrected chi connectivity index (χ1v) is 8.99. The summed E-state index contributed by atoms with van der Waals surface area (Å²) in [4.78, 5) is 5.36. The SMILES string of the molecule is CCS(=O)(=O)N1CCN(c2cc(Cl)cc3[nH]ccc23)CC1. The second-order valence-corrected chi connectivity index (χ2v) is 7.84. The van der Waals surface area contributed by atoms with E-state index in [0.29, 0.717) is 31.2 Å². The molecule has 2 heterocycles. The second kappa shape index (κ2) is 5.51. The van der Waals surface area contributed by atoms with Gasteiger partial charge in [-0.3, -0.25) is 0 Å². The molecule has 3 rings (SSSR count). The molecule has 1 aliphatic rings. The summed E-state index contributed by atoms with van der Waals surface area (Å²) >= 11 is 6.17. The highest BCUT2D eigenvalue weighted by atomic mass is 35.5. The Morgan fingerprint density at radius 2 is 1.95 bits per heavy atom. The Bertz CT molecular complexity index is 749. The first-order valence-electron chi connectivity index (χ1n) is 7.00. The number of anilines is 1. The zero-order chi connectivity index (χ0) is 15.0. The van der Waals surface area contributed by atoms with Crippen LogP contribution in [-0.4, -0.2) is 49.6 Å². The maximum atomic E-state index is 11.9. The number of sulfonamides is 1. The normalized spacial score (nSPS) is 17.5. The number of aromatic nitrogens is 1. The Labute approximate surface area is 129 Å². The Kier molecular flexibility index (Phi) is 3.86. The van der Waals surface area contributed by atoms with Crippen molar-refractivity contribution in [3.05, 3.63) is 29.4 Å². The molecule has 1 N–H and O–H groups in total.